The molecular formula is C18H26N6O. The standard InChI is InChI=1S/C18H26N6O/c1-23(2)17-7-6-16(21-22-17)9-14-5-4-8-24(12-14)13-15-10-19-18(25-3)20-11-15/h6-7,10-11,14H,4-5,8-9,12-13H2,1-3H3/t14-/m0/s1. The molecule has 0 N–H and O–H groups in total. The second-order valence-electron chi connectivity index (χ2n) is 6.80. The number of hydrogen-bond donors (Lipinski definition) is 0. The maximum absolute atomic E-state index is 5.01. The van der Waals surface area contributed by atoms with Gasteiger partial charge in [0.15, 0.2) is 5.82 Å². The van der Waals surface area contributed by atoms with Crippen LogP contribution in [0.5, 0.6) is 6.01 Å². The molecule has 0 amide bonds. The topological polar surface area (TPSA) is 67.3 Å². The number of methoxy groups -OCH3 is 1. The van der Waals surface area contributed by atoms with E-state index in [1.807, 2.05) is 37.5 Å². The molecule has 0 spiro atoms. The Morgan fingerprint density at radius 2 is 2.00 bits per heavy atom. The number of anilines is 1. The van der Waals surface area contributed by atoms with E-state index in [0.717, 1.165) is 43.1 Å². The summed E-state index contributed by atoms with van der Waals surface area (Å²) in [6, 6.07) is 4.55. The fourth-order valence-electron chi connectivity index (χ4n) is 3.25. The molecule has 2 aromatic rings. The average Bonchev–Trinajstić information content (AvgIpc) is 2.63. The van der Waals surface area contributed by atoms with Crippen LogP contribution in [-0.2, 0) is 13.0 Å². The first kappa shape index (κ1) is 17.5. The van der Waals surface area contributed by atoms with Gasteiger partial charge >= 0.3 is 6.01 Å². The van der Waals surface area contributed by atoms with Crippen LogP contribution < -0.4 is 9.64 Å². The molecule has 7 nitrogen and oxygen atoms in total. The Hall–Kier alpha value is -2.28. The van der Waals surface area contributed by atoms with Crippen LogP contribution in [0.15, 0.2) is 24.5 Å². The van der Waals surface area contributed by atoms with Gasteiger partial charge in [-0.05, 0) is 43.9 Å². The van der Waals surface area contributed by atoms with Gasteiger partial charge in [-0.2, -0.15) is 5.10 Å². The Labute approximate surface area is 149 Å². The number of hydrogen-bond acceptors (Lipinski definition) is 7. The van der Waals surface area contributed by atoms with E-state index in [2.05, 4.69) is 31.1 Å². The highest BCUT2D eigenvalue weighted by Gasteiger charge is 2.21. The first-order chi connectivity index (χ1) is 12.1. The zero-order valence-corrected chi connectivity index (χ0v) is 15.2. The molecule has 134 valence electrons. The first-order valence-electron chi connectivity index (χ1n) is 8.71. The molecule has 1 saturated heterocycles. The molecule has 0 radical (unpaired) electrons. The van der Waals surface area contributed by atoms with E-state index < -0.39 is 0 Å². The zero-order chi connectivity index (χ0) is 17.6. The molecule has 3 heterocycles. The van der Waals surface area contributed by atoms with Crippen LogP contribution >= 0.6 is 0 Å². The summed E-state index contributed by atoms with van der Waals surface area (Å²) < 4.78 is 5.01. The number of rotatable bonds is 6. The Kier molecular flexibility index (Phi) is 5.75. The summed E-state index contributed by atoms with van der Waals surface area (Å²) in [4.78, 5) is 12.8. The third-order valence-corrected chi connectivity index (χ3v) is 4.54. The first-order valence-corrected chi connectivity index (χ1v) is 8.71. The van der Waals surface area contributed by atoms with Crippen molar-refractivity contribution in [1.29, 1.82) is 0 Å². The number of likely N-dealkylation sites (tertiary alicyclic amines) is 1. The van der Waals surface area contributed by atoms with E-state index in [1.165, 1.54) is 12.8 Å². The quantitative estimate of drug-likeness (QED) is 0.793. The van der Waals surface area contributed by atoms with E-state index >= 15 is 0 Å². The molecule has 25 heavy (non-hydrogen) atoms. The van der Waals surface area contributed by atoms with E-state index in [1.54, 1.807) is 7.11 Å². The highest BCUT2D eigenvalue weighted by atomic mass is 16.5. The molecule has 2 aromatic heterocycles. The fourth-order valence-corrected chi connectivity index (χ4v) is 3.25. The van der Waals surface area contributed by atoms with Crippen LogP contribution in [0, 0.1) is 5.92 Å². The van der Waals surface area contributed by atoms with E-state index in [9.17, 15) is 0 Å². The summed E-state index contributed by atoms with van der Waals surface area (Å²) in [6.45, 7) is 3.07. The predicted octanol–water partition coefficient (Wildman–Crippen LogP) is 1.80. The van der Waals surface area contributed by atoms with Crippen molar-refractivity contribution in [1.82, 2.24) is 25.1 Å². The Morgan fingerprint density at radius 3 is 2.64 bits per heavy atom. The fraction of sp³-hybridized carbons (Fsp3) is 0.556. The monoisotopic (exact) mass is 342 g/mol. The predicted molar refractivity (Wildman–Crippen MR) is 96.6 cm³/mol. The lowest BCUT2D eigenvalue weighted by molar-refractivity contribution is 0.166. The molecule has 1 aliphatic rings. The van der Waals surface area contributed by atoms with Gasteiger partial charge in [0.2, 0.25) is 0 Å². The van der Waals surface area contributed by atoms with Crippen molar-refractivity contribution in [3.63, 3.8) is 0 Å². The number of ether oxygens (including phenoxy) is 1. The minimum atomic E-state index is 0.417. The smallest absolute Gasteiger partial charge is 0.316 e. The van der Waals surface area contributed by atoms with Gasteiger partial charge in [0.05, 0.1) is 12.8 Å². The molecule has 1 aliphatic heterocycles. The van der Waals surface area contributed by atoms with Crippen LogP contribution in [-0.4, -0.2) is 59.4 Å². The maximum Gasteiger partial charge on any atom is 0.316 e. The van der Waals surface area contributed by atoms with Gasteiger partial charge in [-0.3, -0.25) is 4.90 Å². The lowest BCUT2D eigenvalue weighted by Gasteiger charge is -2.32. The van der Waals surface area contributed by atoms with Gasteiger partial charge in [0.25, 0.3) is 0 Å². The van der Waals surface area contributed by atoms with Crippen LogP contribution in [0.25, 0.3) is 0 Å². The summed E-state index contributed by atoms with van der Waals surface area (Å²) in [7, 11) is 5.54. The van der Waals surface area contributed by atoms with Crippen molar-refractivity contribution in [2.75, 3.05) is 39.2 Å². The third kappa shape index (κ3) is 4.85. The molecule has 1 fully saturated rings. The van der Waals surface area contributed by atoms with Gasteiger partial charge in [0, 0.05) is 45.1 Å². The largest absolute Gasteiger partial charge is 0.467 e. The summed E-state index contributed by atoms with van der Waals surface area (Å²) in [5.74, 6) is 1.51. The molecule has 1 atom stereocenters. The van der Waals surface area contributed by atoms with Crippen molar-refractivity contribution in [2.24, 2.45) is 5.92 Å². The van der Waals surface area contributed by atoms with Crippen molar-refractivity contribution < 1.29 is 4.74 Å². The van der Waals surface area contributed by atoms with Gasteiger partial charge < -0.3 is 9.64 Å². The molecule has 3 rings (SSSR count). The Morgan fingerprint density at radius 1 is 1.20 bits per heavy atom. The zero-order valence-electron chi connectivity index (χ0n) is 15.2. The SMILES string of the molecule is COc1ncc(CN2CCC[C@@H](Cc3ccc(N(C)C)nn3)C2)cn1. The van der Waals surface area contributed by atoms with Crippen LogP contribution in [0.3, 0.4) is 0 Å². The minimum absolute atomic E-state index is 0.417. The molecule has 0 aromatic carbocycles. The van der Waals surface area contributed by atoms with Crippen LogP contribution in [0.1, 0.15) is 24.1 Å². The van der Waals surface area contributed by atoms with Crippen LogP contribution in [0.4, 0.5) is 5.82 Å². The number of nitrogens with zero attached hydrogens (tertiary/aromatic N) is 6. The second kappa shape index (κ2) is 8.20. The Bertz CT molecular complexity index is 658. The lowest BCUT2D eigenvalue weighted by Crippen LogP contribution is -2.36. The van der Waals surface area contributed by atoms with E-state index in [0.29, 0.717) is 11.9 Å². The summed E-state index contributed by atoms with van der Waals surface area (Å²) >= 11 is 0. The van der Waals surface area contributed by atoms with Gasteiger partial charge in [0.1, 0.15) is 0 Å². The van der Waals surface area contributed by atoms with Crippen molar-refractivity contribution in [2.45, 2.75) is 25.8 Å². The molecule has 0 saturated carbocycles. The number of aromatic nitrogens is 4. The molecule has 0 aliphatic carbocycles. The normalized spacial score (nSPS) is 18.1. The molecule has 7 heteroatoms. The summed E-state index contributed by atoms with van der Waals surface area (Å²) in [5.41, 5.74) is 2.20. The third-order valence-electron chi connectivity index (χ3n) is 4.54. The average molecular weight is 342 g/mol. The van der Waals surface area contributed by atoms with Crippen LogP contribution in [0.2, 0.25) is 0 Å². The summed E-state index contributed by atoms with van der Waals surface area (Å²) in [5, 5.41) is 8.66. The highest BCUT2D eigenvalue weighted by Crippen LogP contribution is 2.22. The second-order valence-corrected chi connectivity index (χ2v) is 6.80. The van der Waals surface area contributed by atoms with Crippen molar-refractivity contribution >= 4 is 5.82 Å². The number of piperidine rings is 1. The maximum atomic E-state index is 5.01. The molecular weight excluding hydrogens is 316 g/mol. The van der Waals surface area contributed by atoms with Gasteiger partial charge in [-0.1, -0.05) is 0 Å². The van der Waals surface area contributed by atoms with Crippen molar-refractivity contribution in [3.8, 4) is 6.01 Å². The van der Waals surface area contributed by atoms with E-state index in [-0.39, 0.29) is 0 Å². The van der Waals surface area contributed by atoms with Gasteiger partial charge in [-0.15, -0.1) is 5.10 Å². The Balaban J connectivity index is 1.55. The molecule has 0 bridgehead atoms. The summed E-state index contributed by atoms with van der Waals surface area (Å²) in [6.07, 6.45) is 7.13. The van der Waals surface area contributed by atoms with Crippen molar-refractivity contribution in [3.05, 3.63) is 35.8 Å². The molecule has 0 unspecified atom stereocenters. The minimum Gasteiger partial charge on any atom is -0.467 e. The van der Waals surface area contributed by atoms with Gasteiger partial charge in [-0.25, -0.2) is 9.97 Å². The van der Waals surface area contributed by atoms with E-state index in [4.69, 9.17) is 4.74 Å². The lowest BCUT2D eigenvalue weighted by atomic mass is 9.93. The highest BCUT2D eigenvalue weighted by molar-refractivity contribution is 5.34.